The van der Waals surface area contributed by atoms with Crippen LogP contribution >= 0.6 is 0 Å². The van der Waals surface area contributed by atoms with E-state index in [-0.39, 0.29) is 0 Å². The monoisotopic (exact) mass is 219 g/mol. The van der Waals surface area contributed by atoms with Crippen LogP contribution in [0.15, 0.2) is 0 Å². The Labute approximate surface area is 93.0 Å². The van der Waals surface area contributed by atoms with E-state index in [9.17, 15) is 0 Å². The quantitative estimate of drug-likeness (QED) is 0.477. The molecule has 15 heavy (non-hydrogen) atoms. The lowest BCUT2D eigenvalue weighted by Crippen LogP contribution is -2.21. The van der Waals surface area contributed by atoms with Crippen molar-refractivity contribution in [2.75, 3.05) is 46.6 Å². The normalized spacial score (nSPS) is 10.8. The minimum absolute atomic E-state index is 0.308. The molecule has 0 unspecified atom stereocenters. The van der Waals surface area contributed by atoms with Crippen molar-refractivity contribution < 1.29 is 14.6 Å². The maximum atomic E-state index is 8.56. The number of hydrogen-bond acceptors (Lipinski definition) is 4. The lowest BCUT2D eigenvalue weighted by Gasteiger charge is -2.05. The number of nitrogens with one attached hydrogen (secondary N) is 1. The molecule has 0 aromatic rings. The fourth-order valence-electron chi connectivity index (χ4n) is 1.22. The Morgan fingerprint density at radius 1 is 0.933 bits per heavy atom. The van der Waals surface area contributed by atoms with Crippen molar-refractivity contribution in [1.29, 1.82) is 0 Å². The van der Waals surface area contributed by atoms with E-state index in [1.165, 1.54) is 0 Å². The van der Waals surface area contributed by atoms with Crippen LogP contribution in [-0.4, -0.2) is 51.7 Å². The molecule has 0 amide bonds. The zero-order valence-corrected chi connectivity index (χ0v) is 9.83. The van der Waals surface area contributed by atoms with Crippen molar-refractivity contribution in [3.8, 4) is 0 Å². The molecule has 4 nitrogen and oxygen atoms in total. The molecule has 0 aliphatic rings. The van der Waals surface area contributed by atoms with Crippen molar-refractivity contribution in [2.24, 2.45) is 0 Å². The zero-order chi connectivity index (χ0) is 11.2. The van der Waals surface area contributed by atoms with Crippen molar-refractivity contribution in [3.63, 3.8) is 0 Å². The number of unbranched alkanes of at least 4 members (excludes halogenated alkanes) is 2. The number of aliphatic hydroxyl groups excluding tert-OH is 1. The van der Waals surface area contributed by atoms with Gasteiger partial charge in [0.2, 0.25) is 0 Å². The molecule has 0 aromatic carbocycles. The van der Waals surface area contributed by atoms with Crippen molar-refractivity contribution in [1.82, 2.24) is 5.32 Å². The van der Waals surface area contributed by atoms with Gasteiger partial charge in [-0.3, -0.25) is 0 Å². The zero-order valence-electron chi connectivity index (χ0n) is 9.83. The molecule has 0 rings (SSSR count). The van der Waals surface area contributed by atoms with Gasteiger partial charge < -0.3 is 19.9 Å². The molecule has 0 spiro atoms. The number of aliphatic hydroxyl groups is 1. The first-order valence-electron chi connectivity index (χ1n) is 5.80. The first-order valence-corrected chi connectivity index (χ1v) is 5.80. The van der Waals surface area contributed by atoms with Gasteiger partial charge in [-0.05, 0) is 32.2 Å². The summed E-state index contributed by atoms with van der Waals surface area (Å²) in [6, 6.07) is 0. The Morgan fingerprint density at radius 2 is 1.80 bits per heavy atom. The van der Waals surface area contributed by atoms with E-state index >= 15 is 0 Å². The van der Waals surface area contributed by atoms with E-state index in [4.69, 9.17) is 14.6 Å². The van der Waals surface area contributed by atoms with Crippen LogP contribution in [-0.2, 0) is 9.47 Å². The standard InChI is InChI=1S/C11H25NO3/c1-14-9-5-10-15-11-7-12-6-3-2-4-8-13/h12-13H,2-11H2,1H3. The van der Waals surface area contributed by atoms with Gasteiger partial charge in [-0.2, -0.15) is 0 Å². The highest BCUT2D eigenvalue weighted by Crippen LogP contribution is 1.91. The number of hydrogen-bond donors (Lipinski definition) is 2. The second-order valence-corrected chi connectivity index (χ2v) is 3.49. The lowest BCUT2D eigenvalue weighted by molar-refractivity contribution is 0.104. The summed E-state index contributed by atoms with van der Waals surface area (Å²) in [6.07, 6.45) is 4.10. The molecule has 0 heterocycles. The predicted molar refractivity (Wildman–Crippen MR) is 61.1 cm³/mol. The maximum Gasteiger partial charge on any atom is 0.0590 e. The van der Waals surface area contributed by atoms with E-state index < -0.39 is 0 Å². The van der Waals surface area contributed by atoms with Gasteiger partial charge in [0.15, 0.2) is 0 Å². The van der Waals surface area contributed by atoms with Crippen LogP contribution in [0.1, 0.15) is 25.7 Å². The Balaban J connectivity index is 2.81. The van der Waals surface area contributed by atoms with Gasteiger partial charge >= 0.3 is 0 Å². The second kappa shape index (κ2) is 13.8. The van der Waals surface area contributed by atoms with Crippen LogP contribution in [0.2, 0.25) is 0 Å². The van der Waals surface area contributed by atoms with Gasteiger partial charge in [0.25, 0.3) is 0 Å². The van der Waals surface area contributed by atoms with Crippen LogP contribution < -0.4 is 5.32 Å². The topological polar surface area (TPSA) is 50.7 Å². The number of ether oxygens (including phenoxy) is 2. The van der Waals surface area contributed by atoms with Crippen LogP contribution in [0.3, 0.4) is 0 Å². The molecule has 0 atom stereocenters. The summed E-state index contributed by atoms with van der Waals surface area (Å²) in [4.78, 5) is 0. The molecular weight excluding hydrogens is 194 g/mol. The molecule has 0 saturated heterocycles. The molecule has 0 aliphatic heterocycles. The fourth-order valence-corrected chi connectivity index (χ4v) is 1.22. The molecule has 0 fully saturated rings. The van der Waals surface area contributed by atoms with Crippen LogP contribution in [0.25, 0.3) is 0 Å². The van der Waals surface area contributed by atoms with Crippen molar-refractivity contribution in [2.45, 2.75) is 25.7 Å². The molecule has 0 saturated carbocycles. The first-order chi connectivity index (χ1) is 7.41. The molecule has 92 valence electrons. The van der Waals surface area contributed by atoms with Crippen molar-refractivity contribution >= 4 is 0 Å². The van der Waals surface area contributed by atoms with Gasteiger partial charge in [-0.15, -0.1) is 0 Å². The average Bonchev–Trinajstić information content (AvgIpc) is 2.26. The summed E-state index contributed by atoms with van der Waals surface area (Å²) < 4.78 is 10.3. The SMILES string of the molecule is COCCCOCCNCCCCCO. The summed E-state index contributed by atoms with van der Waals surface area (Å²) in [5.41, 5.74) is 0. The largest absolute Gasteiger partial charge is 0.396 e. The summed E-state index contributed by atoms with van der Waals surface area (Å²) >= 11 is 0. The highest BCUT2D eigenvalue weighted by molar-refractivity contribution is 4.48. The summed E-state index contributed by atoms with van der Waals surface area (Å²) in [5, 5.41) is 11.9. The van der Waals surface area contributed by atoms with Gasteiger partial charge in [0, 0.05) is 33.5 Å². The number of methoxy groups -OCH3 is 1. The maximum absolute atomic E-state index is 8.56. The first kappa shape index (κ1) is 14.8. The lowest BCUT2D eigenvalue weighted by atomic mass is 10.2. The van der Waals surface area contributed by atoms with E-state index in [1.807, 2.05) is 0 Å². The third kappa shape index (κ3) is 13.8. The van der Waals surface area contributed by atoms with E-state index in [2.05, 4.69) is 5.32 Å². The summed E-state index contributed by atoms with van der Waals surface area (Å²) in [6.45, 7) is 4.55. The average molecular weight is 219 g/mol. The van der Waals surface area contributed by atoms with Gasteiger partial charge in [-0.1, -0.05) is 0 Å². The van der Waals surface area contributed by atoms with Crippen LogP contribution in [0.4, 0.5) is 0 Å². The second-order valence-electron chi connectivity index (χ2n) is 3.49. The Kier molecular flexibility index (Phi) is 13.7. The fraction of sp³-hybridized carbons (Fsp3) is 1.00. The Hall–Kier alpha value is -0.160. The smallest absolute Gasteiger partial charge is 0.0590 e. The number of rotatable bonds is 12. The minimum atomic E-state index is 0.308. The molecule has 4 heteroatoms. The highest BCUT2D eigenvalue weighted by atomic mass is 16.5. The van der Waals surface area contributed by atoms with E-state index in [1.54, 1.807) is 7.11 Å². The molecule has 0 bridgehead atoms. The van der Waals surface area contributed by atoms with Crippen molar-refractivity contribution in [3.05, 3.63) is 0 Å². The highest BCUT2D eigenvalue weighted by Gasteiger charge is 1.90. The minimum Gasteiger partial charge on any atom is -0.396 e. The summed E-state index contributed by atoms with van der Waals surface area (Å²) in [7, 11) is 1.70. The molecule has 0 radical (unpaired) electrons. The Bertz CT molecular complexity index is 100. The third-order valence-corrected chi connectivity index (χ3v) is 2.07. The molecular formula is C11H25NO3. The van der Waals surface area contributed by atoms with E-state index in [0.29, 0.717) is 6.61 Å². The van der Waals surface area contributed by atoms with Crippen LogP contribution in [0.5, 0.6) is 0 Å². The van der Waals surface area contributed by atoms with Crippen LogP contribution in [0, 0.1) is 0 Å². The molecule has 0 aromatic heterocycles. The van der Waals surface area contributed by atoms with Gasteiger partial charge in [-0.25, -0.2) is 0 Å². The summed E-state index contributed by atoms with van der Waals surface area (Å²) in [5.74, 6) is 0. The van der Waals surface area contributed by atoms with Gasteiger partial charge in [0.1, 0.15) is 0 Å². The molecule has 0 aliphatic carbocycles. The Morgan fingerprint density at radius 3 is 2.53 bits per heavy atom. The molecule has 2 N–H and O–H groups in total. The van der Waals surface area contributed by atoms with E-state index in [0.717, 1.165) is 58.6 Å². The third-order valence-electron chi connectivity index (χ3n) is 2.07. The van der Waals surface area contributed by atoms with Gasteiger partial charge in [0.05, 0.1) is 6.61 Å². The predicted octanol–water partition coefficient (Wildman–Crippen LogP) is 0.792.